The first-order chi connectivity index (χ1) is 10.6. The Labute approximate surface area is 137 Å². The lowest BCUT2D eigenvalue weighted by molar-refractivity contribution is -0.133. The van der Waals surface area contributed by atoms with E-state index >= 15 is 0 Å². The fourth-order valence-corrected chi connectivity index (χ4v) is 3.36. The van der Waals surface area contributed by atoms with Gasteiger partial charge in [0.05, 0.1) is 6.54 Å². The Balaban J connectivity index is 1.70. The van der Waals surface area contributed by atoms with Crippen LogP contribution in [0, 0.1) is 0 Å². The fraction of sp³-hybridized carbons (Fsp3) is 0.250. The highest BCUT2D eigenvalue weighted by molar-refractivity contribution is 7.09. The molecule has 22 heavy (non-hydrogen) atoms. The number of carbonyl (C=O) groups excluding carboxylic acids is 2. The van der Waals surface area contributed by atoms with Gasteiger partial charge >= 0.3 is 0 Å². The first kappa shape index (κ1) is 15.1. The fourth-order valence-electron chi connectivity index (χ4n) is 2.53. The summed E-state index contributed by atoms with van der Waals surface area (Å²) >= 11 is 7.42. The molecule has 1 aliphatic heterocycles. The lowest BCUT2D eigenvalue weighted by atomic mass is 10.2. The van der Waals surface area contributed by atoms with E-state index in [1.54, 1.807) is 40.5 Å². The zero-order valence-electron chi connectivity index (χ0n) is 11.8. The van der Waals surface area contributed by atoms with Crippen LogP contribution in [-0.4, -0.2) is 22.8 Å². The van der Waals surface area contributed by atoms with E-state index in [0.717, 1.165) is 4.88 Å². The van der Waals surface area contributed by atoms with Gasteiger partial charge in [0.25, 0.3) is 0 Å². The van der Waals surface area contributed by atoms with Crippen molar-refractivity contribution in [3.05, 3.63) is 51.7 Å². The number of amides is 2. The summed E-state index contributed by atoms with van der Waals surface area (Å²) in [7, 11) is 0. The number of thiophene rings is 1. The van der Waals surface area contributed by atoms with Crippen LogP contribution in [-0.2, 0) is 16.1 Å². The first-order valence-corrected chi connectivity index (χ1v) is 8.27. The molecule has 0 bridgehead atoms. The molecule has 6 heteroatoms. The number of benzene rings is 1. The number of halogens is 1. The molecule has 0 aliphatic carbocycles. The molecule has 2 amide bonds. The predicted octanol–water partition coefficient (Wildman–Crippen LogP) is 3.53. The van der Waals surface area contributed by atoms with Crippen molar-refractivity contribution in [2.45, 2.75) is 25.4 Å². The van der Waals surface area contributed by atoms with Crippen LogP contribution >= 0.6 is 22.9 Å². The van der Waals surface area contributed by atoms with Crippen LogP contribution in [0.1, 0.15) is 17.7 Å². The van der Waals surface area contributed by atoms with Gasteiger partial charge in [-0.05, 0) is 42.1 Å². The lowest BCUT2D eigenvalue weighted by Crippen LogP contribution is -2.40. The zero-order valence-corrected chi connectivity index (χ0v) is 13.4. The summed E-state index contributed by atoms with van der Waals surface area (Å²) in [5.41, 5.74) is 0.685. The molecule has 3 rings (SSSR count). The highest BCUT2D eigenvalue weighted by Gasteiger charge is 2.36. The van der Waals surface area contributed by atoms with E-state index in [0.29, 0.717) is 30.1 Å². The number of nitrogens with zero attached hydrogens (tertiary/aromatic N) is 1. The van der Waals surface area contributed by atoms with Gasteiger partial charge in [0.15, 0.2) is 0 Å². The average molecular weight is 335 g/mol. The summed E-state index contributed by atoms with van der Waals surface area (Å²) in [4.78, 5) is 27.2. The van der Waals surface area contributed by atoms with E-state index in [1.165, 1.54) is 0 Å². The third kappa shape index (κ3) is 3.31. The van der Waals surface area contributed by atoms with Crippen LogP contribution in [0.4, 0.5) is 5.69 Å². The van der Waals surface area contributed by atoms with Gasteiger partial charge in [-0.3, -0.25) is 9.59 Å². The molecule has 4 nitrogen and oxygen atoms in total. The standard InChI is InChI=1S/C16H15ClN2O2S/c17-11-3-5-12(6-4-11)18-16(21)14-7-8-15(20)19(14)10-13-2-1-9-22-13/h1-6,9,14H,7-8,10H2,(H,18,21). The summed E-state index contributed by atoms with van der Waals surface area (Å²) in [6.07, 6.45) is 0.980. The minimum atomic E-state index is -0.412. The largest absolute Gasteiger partial charge is 0.326 e. The minimum absolute atomic E-state index is 0.0321. The number of hydrogen-bond donors (Lipinski definition) is 1. The molecule has 0 saturated carbocycles. The molecule has 1 aliphatic rings. The Morgan fingerprint density at radius 2 is 2.09 bits per heavy atom. The van der Waals surface area contributed by atoms with Crippen molar-refractivity contribution < 1.29 is 9.59 Å². The molecule has 2 aromatic rings. The summed E-state index contributed by atoms with van der Waals surface area (Å²) in [6.45, 7) is 0.495. The second-order valence-electron chi connectivity index (χ2n) is 5.15. The highest BCUT2D eigenvalue weighted by Crippen LogP contribution is 2.24. The Kier molecular flexibility index (Phi) is 4.45. The van der Waals surface area contributed by atoms with Crippen molar-refractivity contribution in [3.63, 3.8) is 0 Å². The molecular weight excluding hydrogens is 320 g/mol. The van der Waals surface area contributed by atoms with E-state index in [4.69, 9.17) is 11.6 Å². The highest BCUT2D eigenvalue weighted by atomic mass is 35.5. The molecule has 114 valence electrons. The van der Waals surface area contributed by atoms with Gasteiger partial charge in [-0.1, -0.05) is 17.7 Å². The van der Waals surface area contributed by atoms with Crippen LogP contribution in [0.2, 0.25) is 5.02 Å². The van der Waals surface area contributed by atoms with Crippen molar-refractivity contribution in [1.82, 2.24) is 4.90 Å². The predicted molar refractivity (Wildman–Crippen MR) is 88.0 cm³/mol. The maximum Gasteiger partial charge on any atom is 0.247 e. The van der Waals surface area contributed by atoms with Crippen molar-refractivity contribution in [1.29, 1.82) is 0 Å². The van der Waals surface area contributed by atoms with Crippen molar-refractivity contribution in [2.24, 2.45) is 0 Å². The quantitative estimate of drug-likeness (QED) is 0.929. The smallest absolute Gasteiger partial charge is 0.247 e. The van der Waals surface area contributed by atoms with Gasteiger partial charge in [0, 0.05) is 22.0 Å². The van der Waals surface area contributed by atoms with Gasteiger partial charge in [0.1, 0.15) is 6.04 Å². The Bertz CT molecular complexity index is 670. The van der Waals surface area contributed by atoms with E-state index in [-0.39, 0.29) is 11.8 Å². The van der Waals surface area contributed by atoms with Crippen LogP contribution < -0.4 is 5.32 Å². The van der Waals surface area contributed by atoms with Gasteiger partial charge < -0.3 is 10.2 Å². The van der Waals surface area contributed by atoms with Crippen LogP contribution in [0.5, 0.6) is 0 Å². The van der Waals surface area contributed by atoms with E-state index in [2.05, 4.69) is 5.32 Å². The second-order valence-corrected chi connectivity index (χ2v) is 6.62. The molecule has 0 spiro atoms. The molecule has 1 aromatic heterocycles. The molecule has 1 atom stereocenters. The van der Waals surface area contributed by atoms with Crippen molar-refractivity contribution in [2.75, 3.05) is 5.32 Å². The summed E-state index contributed by atoms with van der Waals surface area (Å²) in [5.74, 6) is -0.116. The zero-order chi connectivity index (χ0) is 15.5. The van der Waals surface area contributed by atoms with Gasteiger partial charge in [-0.25, -0.2) is 0 Å². The third-order valence-electron chi connectivity index (χ3n) is 3.65. The molecular formula is C16H15ClN2O2S. The lowest BCUT2D eigenvalue weighted by Gasteiger charge is -2.23. The van der Waals surface area contributed by atoms with Gasteiger partial charge in [0.2, 0.25) is 11.8 Å². The van der Waals surface area contributed by atoms with Crippen molar-refractivity contribution in [3.8, 4) is 0 Å². The number of carbonyl (C=O) groups is 2. The minimum Gasteiger partial charge on any atom is -0.326 e. The molecule has 2 heterocycles. The average Bonchev–Trinajstić information content (AvgIpc) is 3.13. The number of hydrogen-bond acceptors (Lipinski definition) is 3. The van der Waals surface area contributed by atoms with E-state index in [9.17, 15) is 9.59 Å². The summed E-state index contributed by atoms with van der Waals surface area (Å²) in [6, 6.07) is 10.5. The van der Waals surface area contributed by atoms with Gasteiger partial charge in [-0.2, -0.15) is 0 Å². The molecule has 1 saturated heterocycles. The number of nitrogens with one attached hydrogen (secondary N) is 1. The normalized spacial score (nSPS) is 17.8. The third-order valence-corrected chi connectivity index (χ3v) is 4.76. The Morgan fingerprint density at radius 1 is 1.32 bits per heavy atom. The number of anilines is 1. The summed E-state index contributed by atoms with van der Waals surface area (Å²) in [5, 5.41) is 5.44. The van der Waals surface area contributed by atoms with Gasteiger partial charge in [-0.15, -0.1) is 11.3 Å². The molecule has 1 N–H and O–H groups in total. The van der Waals surface area contributed by atoms with Crippen LogP contribution in [0.15, 0.2) is 41.8 Å². The molecule has 1 unspecified atom stereocenters. The monoisotopic (exact) mass is 334 g/mol. The topological polar surface area (TPSA) is 49.4 Å². The SMILES string of the molecule is O=C(Nc1ccc(Cl)cc1)C1CCC(=O)N1Cc1cccs1. The second kappa shape index (κ2) is 6.50. The maximum absolute atomic E-state index is 12.4. The number of likely N-dealkylation sites (tertiary alicyclic amines) is 1. The Hall–Kier alpha value is -1.85. The molecule has 0 radical (unpaired) electrons. The summed E-state index contributed by atoms with van der Waals surface area (Å²) < 4.78 is 0. The maximum atomic E-state index is 12.4. The van der Waals surface area contributed by atoms with Crippen LogP contribution in [0.25, 0.3) is 0 Å². The first-order valence-electron chi connectivity index (χ1n) is 7.02. The Morgan fingerprint density at radius 3 is 2.77 bits per heavy atom. The van der Waals surface area contributed by atoms with E-state index in [1.807, 2.05) is 17.5 Å². The van der Waals surface area contributed by atoms with Crippen molar-refractivity contribution >= 4 is 40.4 Å². The van der Waals surface area contributed by atoms with E-state index < -0.39 is 6.04 Å². The number of rotatable bonds is 4. The van der Waals surface area contributed by atoms with Crippen LogP contribution in [0.3, 0.4) is 0 Å². The molecule has 1 fully saturated rings. The molecule has 1 aromatic carbocycles.